The molecule has 6 aromatic carbocycles. The summed E-state index contributed by atoms with van der Waals surface area (Å²) >= 11 is 15.0. The first kappa shape index (κ1) is 26.1. The van der Waals surface area contributed by atoms with Gasteiger partial charge < -0.3 is 0 Å². The van der Waals surface area contributed by atoms with E-state index < -0.39 is 9.75 Å². The van der Waals surface area contributed by atoms with Gasteiger partial charge in [-0.1, -0.05) is 170 Å². The largest absolute Gasteiger partial charge is 0.119 e. The van der Waals surface area contributed by atoms with Crippen molar-refractivity contribution in [3.05, 3.63) is 203 Å². The van der Waals surface area contributed by atoms with Gasteiger partial charge >= 0.3 is 0 Å². The predicted molar refractivity (Wildman–Crippen MR) is 169 cm³/mol. The Labute approximate surface area is 246 Å². The smallest absolute Gasteiger partial charge is 0.104 e. The van der Waals surface area contributed by atoms with Gasteiger partial charge in [-0.2, -0.15) is 0 Å². The highest BCUT2D eigenvalue weighted by Crippen LogP contribution is 2.45. The van der Waals surface area contributed by atoms with Crippen molar-refractivity contribution in [1.82, 2.24) is 0 Å². The van der Waals surface area contributed by atoms with Crippen molar-refractivity contribution >= 4 is 23.2 Å². The molecule has 0 aliphatic rings. The van der Waals surface area contributed by atoms with Crippen LogP contribution in [0.25, 0.3) is 11.1 Å². The van der Waals surface area contributed by atoms with Crippen LogP contribution >= 0.6 is 23.2 Å². The van der Waals surface area contributed by atoms with Crippen LogP contribution < -0.4 is 0 Å². The minimum Gasteiger partial charge on any atom is -0.104 e. The molecule has 0 saturated heterocycles. The Bertz CT molecular complexity index is 1450. The summed E-state index contributed by atoms with van der Waals surface area (Å²) in [6, 6.07) is 58.2. The molecule has 0 amide bonds. The molecule has 0 spiro atoms. The van der Waals surface area contributed by atoms with E-state index in [1.54, 1.807) is 0 Å². The second-order valence-corrected chi connectivity index (χ2v) is 11.1. The topological polar surface area (TPSA) is 0 Å². The summed E-state index contributed by atoms with van der Waals surface area (Å²) in [6.07, 6.45) is 0. The molecule has 0 fully saturated rings. The number of benzene rings is 6. The Kier molecular flexibility index (Phi) is 7.30. The average molecular weight is 556 g/mol. The summed E-state index contributed by atoms with van der Waals surface area (Å²) in [5.41, 5.74) is 8.46. The van der Waals surface area contributed by atoms with Gasteiger partial charge in [0, 0.05) is 0 Å². The van der Waals surface area contributed by atoms with Crippen molar-refractivity contribution in [2.75, 3.05) is 0 Å². The normalized spacial score (nSPS) is 11.8. The summed E-state index contributed by atoms with van der Waals surface area (Å²) < 4.78 is 0. The molecule has 0 saturated carbocycles. The van der Waals surface area contributed by atoms with Crippen LogP contribution in [-0.4, -0.2) is 0 Å². The quantitative estimate of drug-likeness (QED) is 0.136. The molecule has 0 unspecified atom stereocenters. The second-order valence-electron chi connectivity index (χ2n) is 9.94. The van der Waals surface area contributed by atoms with Crippen LogP contribution in [-0.2, 0) is 9.75 Å². The lowest BCUT2D eigenvalue weighted by Gasteiger charge is -2.30. The third-order valence-corrected chi connectivity index (χ3v) is 8.89. The van der Waals surface area contributed by atoms with Crippen LogP contribution in [0.4, 0.5) is 0 Å². The van der Waals surface area contributed by atoms with Gasteiger partial charge in [0.15, 0.2) is 0 Å². The molecular formula is C38H28Cl2. The van der Waals surface area contributed by atoms with E-state index in [-0.39, 0.29) is 0 Å². The van der Waals surface area contributed by atoms with Crippen molar-refractivity contribution in [1.29, 1.82) is 0 Å². The fourth-order valence-corrected chi connectivity index (χ4v) is 6.21. The molecule has 0 heterocycles. The van der Waals surface area contributed by atoms with Crippen molar-refractivity contribution < 1.29 is 0 Å². The molecule has 6 aromatic rings. The first-order chi connectivity index (χ1) is 19.6. The van der Waals surface area contributed by atoms with Gasteiger partial charge in [-0.15, -0.1) is 23.2 Å². The van der Waals surface area contributed by atoms with Crippen LogP contribution in [0.2, 0.25) is 0 Å². The van der Waals surface area contributed by atoms with E-state index in [9.17, 15) is 0 Å². The molecule has 194 valence electrons. The Morgan fingerprint density at radius 2 is 0.450 bits per heavy atom. The van der Waals surface area contributed by atoms with Crippen LogP contribution in [0.15, 0.2) is 170 Å². The molecular weight excluding hydrogens is 527 g/mol. The first-order valence-electron chi connectivity index (χ1n) is 13.4. The van der Waals surface area contributed by atoms with Crippen LogP contribution in [0.3, 0.4) is 0 Å². The van der Waals surface area contributed by atoms with E-state index in [0.29, 0.717) is 0 Å². The molecule has 0 nitrogen and oxygen atoms in total. The SMILES string of the molecule is ClC(c1ccccc1)(c1ccccc1)c1ccc(-c2ccc(C(Cl)(c3ccccc3)c3ccccc3)cc2)cc1. The molecule has 0 aliphatic heterocycles. The third-order valence-electron chi connectivity index (χ3n) is 7.58. The molecule has 2 heteroatoms. The molecule has 40 heavy (non-hydrogen) atoms. The summed E-state index contributed by atoms with van der Waals surface area (Å²) in [4.78, 5) is -1.57. The number of hydrogen-bond donors (Lipinski definition) is 0. The minimum atomic E-state index is -0.783. The van der Waals surface area contributed by atoms with E-state index in [1.807, 2.05) is 72.8 Å². The fraction of sp³-hybridized carbons (Fsp3) is 0.0526. The maximum absolute atomic E-state index is 7.49. The van der Waals surface area contributed by atoms with Crippen molar-refractivity contribution in [3.8, 4) is 11.1 Å². The number of rotatable bonds is 7. The lowest BCUT2D eigenvalue weighted by Crippen LogP contribution is -2.22. The van der Waals surface area contributed by atoms with Gasteiger partial charge in [0.1, 0.15) is 9.75 Å². The molecule has 6 rings (SSSR count). The van der Waals surface area contributed by atoms with Gasteiger partial charge in [-0.05, 0) is 44.5 Å². The number of alkyl halides is 2. The fourth-order valence-electron chi connectivity index (χ4n) is 5.46. The summed E-state index contributed by atoms with van der Waals surface area (Å²) in [7, 11) is 0. The van der Waals surface area contributed by atoms with Crippen molar-refractivity contribution in [2.45, 2.75) is 9.75 Å². The monoisotopic (exact) mass is 554 g/mol. The highest BCUT2D eigenvalue weighted by molar-refractivity contribution is 6.28. The number of halogens is 2. The second kappa shape index (κ2) is 11.2. The highest BCUT2D eigenvalue weighted by atomic mass is 35.5. The summed E-state index contributed by atoms with van der Waals surface area (Å²) in [5, 5.41) is 0. The van der Waals surface area contributed by atoms with E-state index >= 15 is 0 Å². The van der Waals surface area contributed by atoms with Gasteiger partial charge in [0.2, 0.25) is 0 Å². The standard InChI is InChI=1S/C38H28Cl2/c39-37(31-13-5-1-6-14-31,32-15-7-2-8-16-32)35-25-21-29(22-26-35)30-23-27-36(28-24-30)38(40,33-17-9-3-10-18-33)34-19-11-4-12-20-34/h1-28H. The van der Waals surface area contributed by atoms with Gasteiger partial charge in [0.05, 0.1) is 0 Å². The summed E-state index contributed by atoms with van der Waals surface area (Å²) in [6.45, 7) is 0. The molecule has 0 aliphatic carbocycles. The Hall–Kier alpha value is -4.10. The van der Waals surface area contributed by atoms with Crippen molar-refractivity contribution in [3.63, 3.8) is 0 Å². The van der Waals surface area contributed by atoms with Crippen LogP contribution in [0.1, 0.15) is 33.4 Å². The molecule has 0 bridgehead atoms. The zero-order valence-corrected chi connectivity index (χ0v) is 23.4. The van der Waals surface area contributed by atoms with Crippen molar-refractivity contribution in [2.24, 2.45) is 0 Å². The minimum absolute atomic E-state index is 0.783. The zero-order valence-electron chi connectivity index (χ0n) is 21.9. The lowest BCUT2D eigenvalue weighted by molar-refractivity contribution is 0.879. The van der Waals surface area contributed by atoms with E-state index in [4.69, 9.17) is 23.2 Å². The van der Waals surface area contributed by atoms with E-state index in [2.05, 4.69) is 97.1 Å². The zero-order chi connectivity index (χ0) is 27.4. The van der Waals surface area contributed by atoms with E-state index in [1.165, 1.54) is 0 Å². The number of hydrogen-bond acceptors (Lipinski definition) is 0. The van der Waals surface area contributed by atoms with Crippen LogP contribution in [0, 0.1) is 0 Å². The average Bonchev–Trinajstić information content (AvgIpc) is 3.06. The maximum atomic E-state index is 7.49. The Balaban J connectivity index is 1.36. The Morgan fingerprint density at radius 3 is 0.675 bits per heavy atom. The third kappa shape index (κ3) is 4.75. The summed E-state index contributed by atoms with van der Waals surface area (Å²) in [5.74, 6) is 0. The highest BCUT2D eigenvalue weighted by Gasteiger charge is 2.35. The van der Waals surface area contributed by atoms with Gasteiger partial charge in [0.25, 0.3) is 0 Å². The molecule has 0 aromatic heterocycles. The molecule has 0 atom stereocenters. The Morgan fingerprint density at radius 1 is 0.250 bits per heavy atom. The van der Waals surface area contributed by atoms with Crippen LogP contribution in [0.5, 0.6) is 0 Å². The maximum Gasteiger partial charge on any atom is 0.119 e. The molecule has 0 N–H and O–H groups in total. The van der Waals surface area contributed by atoms with E-state index in [0.717, 1.165) is 44.5 Å². The lowest BCUT2D eigenvalue weighted by atomic mass is 9.83. The van der Waals surface area contributed by atoms with Gasteiger partial charge in [-0.25, -0.2) is 0 Å². The predicted octanol–water partition coefficient (Wildman–Crippen LogP) is 10.4. The van der Waals surface area contributed by atoms with Gasteiger partial charge in [-0.3, -0.25) is 0 Å². The first-order valence-corrected chi connectivity index (χ1v) is 14.2. The molecule has 0 radical (unpaired) electrons.